The maximum absolute atomic E-state index is 12.7. The van der Waals surface area contributed by atoms with Crippen LogP contribution in [-0.4, -0.2) is 20.4 Å². The fourth-order valence-electron chi connectivity index (χ4n) is 3.15. The van der Waals surface area contributed by atoms with Crippen molar-refractivity contribution in [1.82, 2.24) is 14.5 Å². The summed E-state index contributed by atoms with van der Waals surface area (Å²) in [6.45, 7) is 2.94. The fourth-order valence-corrected chi connectivity index (χ4v) is 3.41. The summed E-state index contributed by atoms with van der Waals surface area (Å²) in [5, 5.41) is 2.93. The molecule has 0 atom stereocenters. The molecule has 0 radical (unpaired) electrons. The zero-order valence-electron chi connectivity index (χ0n) is 15.4. The lowest BCUT2D eigenvalue weighted by Crippen LogP contribution is -2.12. The minimum atomic E-state index is -0.152. The molecule has 28 heavy (non-hydrogen) atoms. The first-order valence-electron chi connectivity index (χ1n) is 9.14. The SMILES string of the molecule is CCCn1c(-c2cccc(C(=O)Nc3ccc(Br)cc3)c2)nc2cccnc21. The van der Waals surface area contributed by atoms with Crippen molar-refractivity contribution in [3.63, 3.8) is 0 Å². The molecule has 1 N–H and O–H groups in total. The average Bonchev–Trinajstić information content (AvgIpc) is 3.09. The van der Waals surface area contributed by atoms with Crippen LogP contribution >= 0.6 is 15.9 Å². The Balaban J connectivity index is 1.69. The normalized spacial score (nSPS) is 10.9. The third-order valence-electron chi connectivity index (χ3n) is 4.44. The van der Waals surface area contributed by atoms with E-state index in [2.05, 4.69) is 37.7 Å². The van der Waals surface area contributed by atoms with Gasteiger partial charge in [-0.25, -0.2) is 9.97 Å². The maximum atomic E-state index is 12.7. The summed E-state index contributed by atoms with van der Waals surface area (Å²) in [7, 11) is 0. The third-order valence-corrected chi connectivity index (χ3v) is 4.96. The first-order valence-corrected chi connectivity index (χ1v) is 9.93. The topological polar surface area (TPSA) is 59.8 Å². The van der Waals surface area contributed by atoms with Crippen LogP contribution in [-0.2, 0) is 6.54 Å². The highest BCUT2D eigenvalue weighted by atomic mass is 79.9. The van der Waals surface area contributed by atoms with Gasteiger partial charge in [-0.1, -0.05) is 35.0 Å². The Bertz CT molecular complexity index is 1130. The number of nitrogens with zero attached hydrogens (tertiary/aromatic N) is 3. The molecule has 0 saturated heterocycles. The van der Waals surface area contributed by atoms with Crippen LogP contribution in [0.2, 0.25) is 0 Å². The van der Waals surface area contributed by atoms with Crippen LogP contribution in [0.15, 0.2) is 71.3 Å². The van der Waals surface area contributed by atoms with Gasteiger partial charge in [0.2, 0.25) is 0 Å². The van der Waals surface area contributed by atoms with Crippen molar-refractivity contribution in [3.05, 3.63) is 76.9 Å². The molecule has 4 rings (SSSR count). The monoisotopic (exact) mass is 434 g/mol. The standard InChI is InChI=1S/C22H19BrN4O/c1-2-13-27-20(26-19-7-4-12-24-21(19)27)15-5-3-6-16(14-15)22(28)25-18-10-8-17(23)9-11-18/h3-12,14H,2,13H2,1H3,(H,25,28). The van der Waals surface area contributed by atoms with Crippen LogP contribution in [0, 0.1) is 0 Å². The molecular formula is C22H19BrN4O. The van der Waals surface area contributed by atoms with Crippen LogP contribution in [0.25, 0.3) is 22.6 Å². The van der Waals surface area contributed by atoms with E-state index in [4.69, 9.17) is 4.98 Å². The maximum Gasteiger partial charge on any atom is 0.255 e. The molecule has 0 bridgehead atoms. The number of aryl methyl sites for hydroxylation is 1. The molecule has 2 heterocycles. The minimum Gasteiger partial charge on any atom is -0.322 e. The van der Waals surface area contributed by atoms with Gasteiger partial charge in [-0.2, -0.15) is 0 Å². The third kappa shape index (κ3) is 3.68. The van der Waals surface area contributed by atoms with Crippen molar-refractivity contribution in [1.29, 1.82) is 0 Å². The highest BCUT2D eigenvalue weighted by Crippen LogP contribution is 2.25. The summed E-state index contributed by atoms with van der Waals surface area (Å²) in [5.74, 6) is 0.675. The average molecular weight is 435 g/mol. The van der Waals surface area contributed by atoms with E-state index in [1.54, 1.807) is 6.20 Å². The zero-order valence-corrected chi connectivity index (χ0v) is 17.0. The zero-order chi connectivity index (χ0) is 19.5. The molecule has 0 aliphatic heterocycles. The number of carbonyl (C=O) groups excluding carboxylic acids is 1. The van der Waals surface area contributed by atoms with E-state index in [1.807, 2.05) is 60.7 Å². The van der Waals surface area contributed by atoms with E-state index in [0.717, 1.165) is 45.7 Å². The molecule has 0 spiro atoms. The molecular weight excluding hydrogens is 416 g/mol. The molecule has 140 valence electrons. The Morgan fingerprint density at radius 1 is 1.11 bits per heavy atom. The van der Waals surface area contributed by atoms with Crippen LogP contribution in [0.5, 0.6) is 0 Å². The van der Waals surface area contributed by atoms with E-state index >= 15 is 0 Å². The minimum absolute atomic E-state index is 0.152. The number of nitrogens with one attached hydrogen (secondary N) is 1. The second kappa shape index (κ2) is 7.94. The highest BCUT2D eigenvalue weighted by Gasteiger charge is 2.15. The summed E-state index contributed by atoms with van der Waals surface area (Å²) in [5.41, 5.74) is 3.96. The quantitative estimate of drug-likeness (QED) is 0.449. The number of hydrogen-bond acceptors (Lipinski definition) is 3. The number of hydrogen-bond donors (Lipinski definition) is 1. The second-order valence-corrected chi connectivity index (χ2v) is 7.39. The molecule has 5 nitrogen and oxygen atoms in total. The summed E-state index contributed by atoms with van der Waals surface area (Å²) in [6, 6.07) is 18.9. The number of rotatable bonds is 5. The van der Waals surface area contributed by atoms with Gasteiger partial charge in [0, 0.05) is 34.0 Å². The smallest absolute Gasteiger partial charge is 0.255 e. The van der Waals surface area contributed by atoms with Crippen LogP contribution in [0.1, 0.15) is 23.7 Å². The summed E-state index contributed by atoms with van der Waals surface area (Å²) in [4.78, 5) is 21.9. The van der Waals surface area contributed by atoms with Crippen molar-refractivity contribution in [2.75, 3.05) is 5.32 Å². The number of pyridine rings is 1. The van der Waals surface area contributed by atoms with E-state index in [9.17, 15) is 4.79 Å². The predicted octanol–water partition coefficient (Wildman–Crippen LogP) is 5.52. The van der Waals surface area contributed by atoms with Gasteiger partial charge < -0.3 is 9.88 Å². The van der Waals surface area contributed by atoms with Gasteiger partial charge >= 0.3 is 0 Å². The Hall–Kier alpha value is -2.99. The van der Waals surface area contributed by atoms with Gasteiger partial charge in [-0.15, -0.1) is 0 Å². The molecule has 1 amide bonds. The van der Waals surface area contributed by atoms with E-state index in [0.29, 0.717) is 5.56 Å². The second-order valence-electron chi connectivity index (χ2n) is 6.48. The Morgan fingerprint density at radius 2 is 1.93 bits per heavy atom. The van der Waals surface area contributed by atoms with Crippen LogP contribution < -0.4 is 5.32 Å². The molecule has 0 fully saturated rings. The van der Waals surface area contributed by atoms with Crippen LogP contribution in [0.4, 0.5) is 5.69 Å². The Morgan fingerprint density at radius 3 is 2.71 bits per heavy atom. The molecule has 0 aliphatic rings. The van der Waals surface area contributed by atoms with Gasteiger partial charge in [-0.05, 0) is 55.0 Å². The summed E-state index contributed by atoms with van der Waals surface area (Å²) < 4.78 is 3.08. The number of halogens is 1. The van der Waals surface area contributed by atoms with Gasteiger partial charge in [0.05, 0.1) is 0 Å². The first-order chi connectivity index (χ1) is 13.7. The van der Waals surface area contributed by atoms with Crippen molar-refractivity contribution < 1.29 is 4.79 Å². The highest BCUT2D eigenvalue weighted by molar-refractivity contribution is 9.10. The van der Waals surface area contributed by atoms with E-state index in [1.165, 1.54) is 0 Å². The number of anilines is 1. The van der Waals surface area contributed by atoms with Gasteiger partial charge in [0.1, 0.15) is 11.3 Å². The van der Waals surface area contributed by atoms with Gasteiger partial charge in [0.15, 0.2) is 5.65 Å². The Kier molecular flexibility index (Phi) is 5.21. The number of amides is 1. The molecule has 0 unspecified atom stereocenters. The van der Waals surface area contributed by atoms with Gasteiger partial charge in [-0.3, -0.25) is 4.79 Å². The van der Waals surface area contributed by atoms with Crippen molar-refractivity contribution in [2.24, 2.45) is 0 Å². The number of fused-ring (bicyclic) bond motifs is 1. The lowest BCUT2D eigenvalue weighted by atomic mass is 10.1. The Labute approximate surface area is 171 Å². The summed E-state index contributed by atoms with van der Waals surface area (Å²) in [6.07, 6.45) is 2.75. The van der Waals surface area contributed by atoms with E-state index in [-0.39, 0.29) is 5.91 Å². The summed E-state index contributed by atoms with van der Waals surface area (Å²) >= 11 is 3.40. The lowest BCUT2D eigenvalue weighted by Gasteiger charge is -2.09. The van der Waals surface area contributed by atoms with Crippen molar-refractivity contribution in [3.8, 4) is 11.4 Å². The molecule has 2 aromatic carbocycles. The number of benzene rings is 2. The van der Waals surface area contributed by atoms with Crippen molar-refractivity contribution in [2.45, 2.75) is 19.9 Å². The predicted molar refractivity (Wildman–Crippen MR) is 115 cm³/mol. The van der Waals surface area contributed by atoms with Crippen molar-refractivity contribution >= 4 is 38.7 Å². The van der Waals surface area contributed by atoms with Gasteiger partial charge in [0.25, 0.3) is 5.91 Å². The number of aromatic nitrogens is 3. The molecule has 0 aliphatic carbocycles. The van der Waals surface area contributed by atoms with Crippen LogP contribution in [0.3, 0.4) is 0 Å². The molecule has 2 aromatic heterocycles. The lowest BCUT2D eigenvalue weighted by molar-refractivity contribution is 0.102. The molecule has 6 heteroatoms. The van der Waals surface area contributed by atoms with E-state index < -0.39 is 0 Å². The molecule has 4 aromatic rings. The first kappa shape index (κ1) is 18.4. The largest absolute Gasteiger partial charge is 0.322 e. The number of carbonyl (C=O) groups is 1. The number of imidazole rings is 1. The fraction of sp³-hybridized carbons (Fsp3) is 0.136. The molecule has 0 saturated carbocycles.